The number of aryl methyl sites for hydroxylation is 3. The fraction of sp³-hybridized carbons (Fsp3) is 0.217. The van der Waals surface area contributed by atoms with Crippen molar-refractivity contribution in [1.82, 2.24) is 0 Å². The van der Waals surface area contributed by atoms with Gasteiger partial charge in [0.05, 0.1) is 4.88 Å². The third kappa shape index (κ3) is 4.90. The molecular formula is C23H23FN2O2S. The van der Waals surface area contributed by atoms with E-state index in [1.54, 1.807) is 41.7 Å². The van der Waals surface area contributed by atoms with Crippen LogP contribution < -0.4 is 10.5 Å². The molecule has 2 N–H and O–H groups in total. The highest BCUT2D eigenvalue weighted by atomic mass is 32.1. The van der Waals surface area contributed by atoms with Crippen LogP contribution in [0.1, 0.15) is 45.1 Å². The molecule has 6 heteroatoms. The molecule has 0 bridgehead atoms. The molecule has 0 fully saturated rings. The van der Waals surface area contributed by atoms with Crippen molar-refractivity contribution in [3.8, 4) is 11.5 Å². The first-order valence-electron chi connectivity index (χ1n) is 9.45. The summed E-state index contributed by atoms with van der Waals surface area (Å²) >= 11 is 1.58. The van der Waals surface area contributed by atoms with Crippen molar-refractivity contribution >= 4 is 23.1 Å². The number of rotatable bonds is 6. The highest BCUT2D eigenvalue weighted by Crippen LogP contribution is 2.27. The zero-order valence-electron chi connectivity index (χ0n) is 16.7. The van der Waals surface area contributed by atoms with Crippen LogP contribution in [0, 0.1) is 12.7 Å². The monoisotopic (exact) mass is 410 g/mol. The van der Waals surface area contributed by atoms with E-state index in [9.17, 15) is 9.18 Å². The lowest BCUT2D eigenvalue weighted by atomic mass is 10.1. The van der Waals surface area contributed by atoms with Crippen LogP contribution in [0.15, 0.2) is 53.5 Å². The number of carbonyl (C=O) groups excluding carboxylic acids is 1. The molecule has 0 saturated carbocycles. The van der Waals surface area contributed by atoms with Crippen molar-refractivity contribution in [1.29, 1.82) is 0 Å². The fourth-order valence-electron chi connectivity index (χ4n) is 2.92. The van der Waals surface area contributed by atoms with Gasteiger partial charge in [-0.15, -0.1) is 11.3 Å². The summed E-state index contributed by atoms with van der Waals surface area (Å²) < 4.78 is 19.0. The molecule has 1 amide bonds. The van der Waals surface area contributed by atoms with Crippen LogP contribution in [0.2, 0.25) is 0 Å². The number of thiophene rings is 1. The average molecular weight is 411 g/mol. The van der Waals surface area contributed by atoms with Crippen molar-refractivity contribution in [3.05, 3.63) is 80.8 Å². The summed E-state index contributed by atoms with van der Waals surface area (Å²) in [4.78, 5) is 18.8. The Morgan fingerprint density at radius 3 is 2.59 bits per heavy atom. The van der Waals surface area contributed by atoms with Gasteiger partial charge in [0.25, 0.3) is 5.91 Å². The van der Waals surface area contributed by atoms with Crippen LogP contribution in [0.3, 0.4) is 0 Å². The van der Waals surface area contributed by atoms with Crippen molar-refractivity contribution in [2.75, 3.05) is 0 Å². The molecule has 1 heterocycles. The standard InChI is InChI=1S/C23H23FN2O2S/c1-4-15-12-19(5-2)29-21(15)22(25)26-23(27)16-9-10-20(14(3)11-16)28-18-8-6-7-17(24)13-18/h6-13H,4-5H2,1-3H3,(H2,25,26,27). The second-order valence-corrected chi connectivity index (χ2v) is 7.75. The summed E-state index contributed by atoms with van der Waals surface area (Å²) in [5.74, 6) is 0.405. The molecule has 2 aromatic carbocycles. The highest BCUT2D eigenvalue weighted by Gasteiger charge is 2.14. The Balaban J connectivity index is 1.81. The Kier molecular flexibility index (Phi) is 6.44. The Bertz CT molecular complexity index is 1070. The van der Waals surface area contributed by atoms with Gasteiger partial charge >= 0.3 is 0 Å². The van der Waals surface area contributed by atoms with Crippen LogP contribution in [0.25, 0.3) is 0 Å². The van der Waals surface area contributed by atoms with E-state index in [0.29, 0.717) is 17.1 Å². The number of hydrogen-bond acceptors (Lipinski definition) is 3. The second-order valence-electron chi connectivity index (χ2n) is 6.62. The van der Waals surface area contributed by atoms with E-state index in [1.165, 1.54) is 17.0 Å². The maximum Gasteiger partial charge on any atom is 0.278 e. The molecule has 29 heavy (non-hydrogen) atoms. The summed E-state index contributed by atoms with van der Waals surface area (Å²) in [5, 5.41) is 0. The zero-order valence-corrected chi connectivity index (χ0v) is 17.5. The molecule has 3 rings (SSSR count). The summed E-state index contributed by atoms with van der Waals surface area (Å²) in [6, 6.07) is 13.0. The molecule has 0 unspecified atom stereocenters. The molecule has 0 atom stereocenters. The van der Waals surface area contributed by atoms with Gasteiger partial charge in [-0.25, -0.2) is 4.39 Å². The van der Waals surface area contributed by atoms with E-state index >= 15 is 0 Å². The second kappa shape index (κ2) is 9.01. The van der Waals surface area contributed by atoms with Crippen LogP contribution in [-0.2, 0) is 12.8 Å². The van der Waals surface area contributed by atoms with E-state index in [2.05, 4.69) is 24.9 Å². The Morgan fingerprint density at radius 2 is 1.93 bits per heavy atom. The molecule has 3 aromatic rings. The van der Waals surface area contributed by atoms with Crippen molar-refractivity contribution in [2.45, 2.75) is 33.6 Å². The number of amides is 1. The van der Waals surface area contributed by atoms with Gasteiger partial charge in [0.2, 0.25) is 0 Å². The number of carbonyl (C=O) groups is 1. The molecule has 0 aliphatic rings. The van der Waals surface area contributed by atoms with E-state index < -0.39 is 5.91 Å². The number of hydrogen-bond donors (Lipinski definition) is 1. The highest BCUT2D eigenvalue weighted by molar-refractivity contribution is 7.14. The van der Waals surface area contributed by atoms with Gasteiger partial charge in [0.1, 0.15) is 23.2 Å². The molecule has 0 radical (unpaired) electrons. The first-order chi connectivity index (χ1) is 13.9. The fourth-order valence-corrected chi connectivity index (χ4v) is 4.01. The van der Waals surface area contributed by atoms with Gasteiger partial charge in [0.15, 0.2) is 0 Å². The molecule has 0 spiro atoms. The molecule has 150 valence electrons. The maximum atomic E-state index is 13.3. The molecule has 0 aliphatic carbocycles. The van der Waals surface area contributed by atoms with E-state index in [4.69, 9.17) is 10.5 Å². The Hall–Kier alpha value is -2.99. The van der Waals surface area contributed by atoms with Gasteiger partial charge in [-0.1, -0.05) is 19.9 Å². The van der Waals surface area contributed by atoms with Gasteiger partial charge in [-0.05, 0) is 67.3 Å². The lowest BCUT2D eigenvalue weighted by molar-refractivity contribution is 0.100. The summed E-state index contributed by atoms with van der Waals surface area (Å²) in [6.45, 7) is 5.96. The smallest absolute Gasteiger partial charge is 0.278 e. The summed E-state index contributed by atoms with van der Waals surface area (Å²) in [5.41, 5.74) is 8.41. The number of ether oxygens (including phenoxy) is 1. The van der Waals surface area contributed by atoms with Crippen LogP contribution in [-0.4, -0.2) is 11.7 Å². The van der Waals surface area contributed by atoms with E-state index in [-0.39, 0.29) is 11.7 Å². The Morgan fingerprint density at radius 1 is 1.14 bits per heavy atom. The minimum Gasteiger partial charge on any atom is -0.457 e. The van der Waals surface area contributed by atoms with Crippen LogP contribution in [0.5, 0.6) is 11.5 Å². The number of nitrogens with two attached hydrogens (primary N) is 1. The van der Waals surface area contributed by atoms with E-state index in [0.717, 1.165) is 28.8 Å². The average Bonchev–Trinajstić information content (AvgIpc) is 3.13. The number of benzene rings is 2. The maximum absolute atomic E-state index is 13.3. The van der Waals surface area contributed by atoms with Gasteiger partial charge in [0, 0.05) is 16.5 Å². The number of amidine groups is 1. The van der Waals surface area contributed by atoms with Crippen LogP contribution in [0.4, 0.5) is 4.39 Å². The molecule has 1 aromatic heterocycles. The minimum absolute atomic E-state index is 0.245. The van der Waals surface area contributed by atoms with E-state index in [1.807, 2.05) is 6.92 Å². The molecular weight excluding hydrogens is 387 g/mol. The zero-order chi connectivity index (χ0) is 21.0. The topological polar surface area (TPSA) is 64.7 Å². The van der Waals surface area contributed by atoms with Crippen molar-refractivity contribution < 1.29 is 13.9 Å². The molecule has 0 saturated heterocycles. The van der Waals surface area contributed by atoms with Gasteiger partial charge < -0.3 is 10.5 Å². The lowest BCUT2D eigenvalue weighted by Crippen LogP contribution is -2.16. The predicted octanol–water partition coefficient (Wildman–Crippen LogP) is 5.66. The first-order valence-corrected chi connectivity index (χ1v) is 10.3. The predicted molar refractivity (Wildman–Crippen MR) is 116 cm³/mol. The molecule has 4 nitrogen and oxygen atoms in total. The van der Waals surface area contributed by atoms with Gasteiger partial charge in [-0.2, -0.15) is 4.99 Å². The van der Waals surface area contributed by atoms with Crippen molar-refractivity contribution in [3.63, 3.8) is 0 Å². The first kappa shape index (κ1) is 20.7. The SMILES string of the molecule is CCc1cc(CC)c(C(N)=NC(=O)c2ccc(Oc3cccc(F)c3)c(C)c2)s1. The third-order valence-electron chi connectivity index (χ3n) is 4.49. The molecule has 0 aliphatic heterocycles. The minimum atomic E-state index is -0.406. The number of halogens is 1. The summed E-state index contributed by atoms with van der Waals surface area (Å²) in [6.07, 6.45) is 1.76. The summed E-state index contributed by atoms with van der Waals surface area (Å²) in [7, 11) is 0. The Labute approximate surface area is 173 Å². The van der Waals surface area contributed by atoms with Crippen LogP contribution >= 0.6 is 11.3 Å². The quantitative estimate of drug-likeness (QED) is 0.421. The number of nitrogens with zero attached hydrogens (tertiary/aromatic N) is 1. The lowest BCUT2D eigenvalue weighted by Gasteiger charge is -2.09. The van der Waals surface area contributed by atoms with Gasteiger partial charge in [-0.3, -0.25) is 4.79 Å². The largest absolute Gasteiger partial charge is 0.457 e. The third-order valence-corrected chi connectivity index (χ3v) is 5.83. The van der Waals surface area contributed by atoms with Crippen molar-refractivity contribution in [2.24, 2.45) is 10.7 Å². The number of aliphatic imine (C=N–C) groups is 1. The normalized spacial score (nSPS) is 11.5.